The van der Waals surface area contributed by atoms with E-state index >= 15 is 0 Å². The third-order valence-electron chi connectivity index (χ3n) is 16.9. The van der Waals surface area contributed by atoms with Gasteiger partial charge in [-0.1, -0.05) is 55.4 Å². The average Bonchev–Trinajstić information content (AvgIpc) is 3.82. The van der Waals surface area contributed by atoms with Gasteiger partial charge in [-0.25, -0.2) is 40.7 Å². The van der Waals surface area contributed by atoms with E-state index in [4.69, 9.17) is 14.6 Å². The van der Waals surface area contributed by atoms with Gasteiger partial charge < -0.3 is 24.8 Å². The van der Waals surface area contributed by atoms with Crippen LogP contribution in [-0.2, 0) is 42.5 Å². The fourth-order valence-electron chi connectivity index (χ4n) is 12.6. The van der Waals surface area contributed by atoms with Gasteiger partial charge in [0.15, 0.2) is 0 Å². The number of carbonyl (C=O) groups is 2. The van der Waals surface area contributed by atoms with Crippen LogP contribution in [0.3, 0.4) is 0 Å². The highest BCUT2D eigenvalue weighted by atomic mass is 32.2. The smallest absolute Gasteiger partial charge is 0.307 e. The summed E-state index contributed by atoms with van der Waals surface area (Å²) in [7, 11) is -4.57. The Kier molecular flexibility index (Phi) is 17.0. The molecule has 8 rings (SSSR count). The number of rotatable bonds is 15. The van der Waals surface area contributed by atoms with Crippen LogP contribution in [0.4, 0.5) is 8.78 Å². The van der Waals surface area contributed by atoms with Gasteiger partial charge in [-0.15, -0.1) is 0 Å². The molecular formula is C54H72F2N4O11S2. The number of aliphatic carboxylic acids is 1. The predicted molar refractivity (Wildman–Crippen MR) is 275 cm³/mol. The molecule has 4 aliphatic carbocycles. The number of fused-ring (bicyclic) bond motifs is 4. The highest BCUT2D eigenvalue weighted by Crippen LogP contribution is 2.67. The second-order valence-corrected chi connectivity index (χ2v) is 25.4. The number of methoxy groups -OCH3 is 2. The highest BCUT2D eigenvalue weighted by molar-refractivity contribution is 7.90. The Morgan fingerprint density at radius 3 is 1.47 bits per heavy atom. The van der Waals surface area contributed by atoms with Crippen LogP contribution in [0.25, 0.3) is 22.3 Å². The molecule has 6 N–H and O–H groups in total. The van der Waals surface area contributed by atoms with Crippen molar-refractivity contribution in [2.24, 2.45) is 38.6 Å². The van der Waals surface area contributed by atoms with Gasteiger partial charge >= 0.3 is 5.97 Å². The number of primary sulfonamides is 1. The lowest BCUT2D eigenvalue weighted by molar-refractivity contribution is -0.136. The number of sulfonamides is 2. The maximum atomic E-state index is 14.6. The number of hydrogen-bond acceptors (Lipinski definition) is 12. The fourth-order valence-corrected chi connectivity index (χ4v) is 16.0. The van der Waals surface area contributed by atoms with Crippen molar-refractivity contribution >= 4 is 31.9 Å². The Morgan fingerprint density at radius 1 is 0.712 bits per heavy atom. The van der Waals surface area contributed by atoms with E-state index in [0.717, 1.165) is 25.7 Å². The Bertz CT molecular complexity index is 2930. The van der Waals surface area contributed by atoms with E-state index in [1.54, 1.807) is 30.5 Å². The molecule has 0 saturated heterocycles. The van der Waals surface area contributed by atoms with Gasteiger partial charge in [0.1, 0.15) is 11.6 Å². The van der Waals surface area contributed by atoms with Crippen LogP contribution >= 0.6 is 0 Å². The molecule has 0 unspecified atom stereocenters. The maximum absolute atomic E-state index is 14.6. The Hall–Kier alpha value is -5.08. The number of carboxylic acid groups (broad SMARTS) is 1. The van der Waals surface area contributed by atoms with Crippen molar-refractivity contribution < 1.29 is 60.0 Å². The van der Waals surface area contributed by atoms with E-state index < -0.39 is 60.8 Å². The second kappa shape index (κ2) is 21.6. The predicted octanol–water partition coefficient (Wildman–Crippen LogP) is 8.30. The molecule has 2 heterocycles. The van der Waals surface area contributed by atoms with E-state index in [9.17, 15) is 50.5 Å². The molecule has 400 valence electrons. The zero-order valence-corrected chi connectivity index (χ0v) is 45.1. The molecule has 15 nitrogen and oxygen atoms in total. The average molecular weight is 1060 g/mol. The van der Waals surface area contributed by atoms with Crippen molar-refractivity contribution in [1.82, 2.24) is 14.7 Å². The molecule has 2 aromatic carbocycles. The molecule has 0 aliphatic heterocycles. The summed E-state index contributed by atoms with van der Waals surface area (Å²) in [5, 5.41) is 35.1. The number of pyridine rings is 2. The molecule has 4 fully saturated rings. The lowest BCUT2D eigenvalue weighted by atomic mass is 9.70. The molecule has 0 radical (unpaired) electrons. The van der Waals surface area contributed by atoms with E-state index in [2.05, 4.69) is 28.5 Å². The number of ether oxygens (including phenoxy) is 2. The summed E-state index contributed by atoms with van der Waals surface area (Å²) in [4.78, 5) is 32.4. The quantitative estimate of drug-likeness (QED) is 0.0753. The normalized spacial score (nSPS) is 24.4. The zero-order valence-electron chi connectivity index (χ0n) is 43.5. The summed E-state index contributed by atoms with van der Waals surface area (Å²) >= 11 is 0. The molecule has 0 spiro atoms. The van der Waals surface area contributed by atoms with Gasteiger partial charge in [0.25, 0.3) is 0 Å². The summed E-state index contributed by atoms with van der Waals surface area (Å²) in [6.45, 7) is 15.8. The number of halogens is 2. The van der Waals surface area contributed by atoms with Crippen molar-refractivity contribution in [2.75, 3.05) is 25.7 Å². The minimum Gasteiger partial charge on any atom is -0.481 e. The highest BCUT2D eigenvalue weighted by Gasteiger charge is 2.66. The van der Waals surface area contributed by atoms with Crippen molar-refractivity contribution in [3.8, 4) is 34.0 Å². The first-order valence-corrected chi connectivity index (χ1v) is 28.0. The molecule has 4 aliphatic rings. The van der Waals surface area contributed by atoms with E-state index in [0.29, 0.717) is 75.0 Å². The minimum atomic E-state index is -4.03. The monoisotopic (exact) mass is 1050 g/mol. The number of hydrogen-bond donors (Lipinski definition) is 5. The van der Waals surface area contributed by atoms with Crippen LogP contribution in [0.1, 0.15) is 128 Å². The summed E-state index contributed by atoms with van der Waals surface area (Å²) in [6, 6.07) is 12.2. The van der Waals surface area contributed by atoms with Gasteiger partial charge in [0.05, 0.1) is 50.8 Å². The fraction of sp³-hybridized carbons (Fsp3) is 0.556. The Morgan fingerprint density at radius 2 is 1.12 bits per heavy atom. The van der Waals surface area contributed by atoms with Crippen LogP contribution in [0.5, 0.6) is 11.8 Å². The molecule has 4 aromatic rings. The molecule has 4 saturated carbocycles. The Labute approximate surface area is 428 Å². The first kappa shape index (κ1) is 57.2. The summed E-state index contributed by atoms with van der Waals surface area (Å²) < 4.78 is 90.0. The summed E-state index contributed by atoms with van der Waals surface area (Å²) in [5.41, 5.74) is 3.11. The van der Waals surface area contributed by atoms with Crippen molar-refractivity contribution in [3.05, 3.63) is 94.8 Å². The molecular weight excluding hydrogens is 983 g/mol. The van der Waals surface area contributed by atoms with E-state index in [-0.39, 0.29) is 58.7 Å². The number of nitrogens with two attached hydrogens (primary N) is 1. The van der Waals surface area contributed by atoms with Crippen molar-refractivity contribution in [1.29, 1.82) is 0 Å². The van der Waals surface area contributed by atoms with Crippen molar-refractivity contribution in [3.63, 3.8) is 0 Å². The van der Waals surface area contributed by atoms with Gasteiger partial charge in [-0.05, 0) is 154 Å². The van der Waals surface area contributed by atoms with E-state index in [1.165, 1.54) is 44.7 Å². The van der Waals surface area contributed by atoms with Crippen LogP contribution in [0, 0.1) is 45.1 Å². The van der Waals surface area contributed by atoms with Crippen LogP contribution in [-0.4, -0.2) is 91.9 Å². The van der Waals surface area contributed by atoms with Gasteiger partial charge in [0, 0.05) is 35.4 Å². The van der Waals surface area contributed by atoms with Gasteiger partial charge in [-0.3, -0.25) is 14.3 Å². The van der Waals surface area contributed by atoms with Gasteiger partial charge in [0.2, 0.25) is 37.7 Å². The largest absolute Gasteiger partial charge is 0.481 e. The number of aliphatic hydroxyl groups is 2. The standard InChI is InChI=1S/C27H35FN2O5S.C17H18FNO3.C10H19NO3S/c1-16(2)20-12-19(28)13-21(17-7-9-29-25(10-17)35-5)22(20)14-24(32)30-36(33,34)15-27-8-6-18(11-23(27)31)26(27,3)4;1-10(2)13-7-12(18)8-14(15(13)9-17(20)21)11-4-5-19-16(6-11)22-3;1-9(2)7-3-4-10(9,8(12)5-7)6-15(11,13)14/h7,9-10,12-13,16,18,23,31H,6,8,11,14-15H2,1-5H3,(H,30,32);4-8,10H,9H2,1-3H3,(H,20,21);7-8,12H,3-6H2,1-2H3,(H2,11,13,14)/t18-,23+,27-;;7-,8+,10-/m0.0/s1. The molecule has 6 atom stereocenters. The van der Waals surface area contributed by atoms with Crippen LogP contribution in [0.15, 0.2) is 60.9 Å². The minimum absolute atomic E-state index is 0.0209. The lowest BCUT2D eigenvalue weighted by Crippen LogP contribution is -2.48. The topological polar surface area (TPSA) is 245 Å². The molecule has 73 heavy (non-hydrogen) atoms. The SMILES string of the molecule is CC1(C)[C@H]2CC[C@]1(CS(N)(=O)=O)[C@H](O)C2.COc1cc(-c2cc(F)cc(C(C)C)c2CC(=O)NS(=O)(=O)C[C@@]23CC[C@@H](C[C@H]2O)C3(C)C)ccn1.COc1cc(-c2cc(F)cc(C(C)C)c2CC(=O)O)ccn1. The Balaban J connectivity index is 0.000000198. The first-order chi connectivity index (χ1) is 33.9. The molecule has 4 bridgehead atoms. The number of benzene rings is 2. The third-order valence-corrected chi connectivity index (χ3v) is 19.2. The second-order valence-electron chi connectivity index (χ2n) is 22.1. The number of nitrogens with zero attached hydrogens (tertiary/aromatic N) is 2. The number of amides is 1. The third kappa shape index (κ3) is 11.9. The molecule has 1 amide bonds. The van der Waals surface area contributed by atoms with Crippen LogP contribution in [0.2, 0.25) is 0 Å². The number of carbonyl (C=O) groups excluding carboxylic acids is 1. The summed E-state index contributed by atoms with van der Waals surface area (Å²) in [6.07, 6.45) is 6.06. The lowest BCUT2D eigenvalue weighted by Gasteiger charge is -2.40. The number of aromatic nitrogens is 2. The zero-order chi connectivity index (χ0) is 54.2. The van der Waals surface area contributed by atoms with Gasteiger partial charge in [-0.2, -0.15) is 0 Å². The van der Waals surface area contributed by atoms with Crippen molar-refractivity contribution in [2.45, 2.75) is 131 Å². The number of aliphatic hydroxyl groups excluding tert-OH is 2. The summed E-state index contributed by atoms with van der Waals surface area (Å²) in [5.74, 6) is -1.49. The number of carboxylic acids is 1. The number of nitrogens with one attached hydrogen (secondary N) is 1. The molecule has 2 aromatic heterocycles. The molecule has 19 heteroatoms. The first-order valence-electron chi connectivity index (χ1n) is 24.7. The maximum Gasteiger partial charge on any atom is 0.307 e. The van der Waals surface area contributed by atoms with E-state index in [1.807, 2.05) is 41.5 Å². The van der Waals surface area contributed by atoms with Crippen LogP contribution < -0.4 is 19.3 Å².